The Bertz CT molecular complexity index is 1280. The number of para-hydroxylation sites is 1. The number of carbonyl (C=O) groups is 5. The number of likely N-dealkylation sites (N-methyl/N-ethyl adjacent to an activating group) is 1. The summed E-state index contributed by atoms with van der Waals surface area (Å²) in [6.07, 6.45) is 6.78. The molecule has 6 N–H and O–H groups in total. The predicted molar refractivity (Wildman–Crippen MR) is 177 cm³/mol. The maximum Gasteiger partial charge on any atom is 0.413 e. The average molecular weight is 620 g/mol. The second kappa shape index (κ2) is 20.3. The van der Waals surface area contributed by atoms with Crippen molar-refractivity contribution >= 4 is 62.9 Å². The van der Waals surface area contributed by atoms with Gasteiger partial charge in [-0.1, -0.05) is 30.9 Å². The van der Waals surface area contributed by atoms with E-state index < -0.39 is 43.0 Å². The van der Waals surface area contributed by atoms with Crippen LogP contribution < -0.4 is 21.5 Å². The zero-order valence-electron chi connectivity index (χ0n) is 26.0. The van der Waals surface area contributed by atoms with Gasteiger partial charge in [0, 0.05) is 24.4 Å². The first-order chi connectivity index (χ1) is 21.7. The molecular weight excluding hydrogens is 577 g/mol. The number of nitrogens with two attached hydrogens (primary N) is 1. The predicted octanol–water partition coefficient (Wildman–Crippen LogP) is -0.741. The number of rotatable bonds is 23. The number of benzene rings is 1. The van der Waals surface area contributed by atoms with Gasteiger partial charge in [0.15, 0.2) is 0 Å². The quantitative estimate of drug-likeness (QED) is 0.0349. The molecule has 1 aromatic carbocycles. The maximum absolute atomic E-state index is 14.0. The van der Waals surface area contributed by atoms with Crippen molar-refractivity contribution in [2.45, 2.75) is 63.5 Å². The summed E-state index contributed by atoms with van der Waals surface area (Å²) in [5, 5.41) is 19.6. The zero-order valence-corrected chi connectivity index (χ0v) is 26.0. The topological polar surface area (TPSA) is 185 Å². The second-order valence-corrected chi connectivity index (χ2v) is 10.6. The minimum Gasteiger partial charge on any atom is -0.460 e. The summed E-state index contributed by atoms with van der Waals surface area (Å²) in [6.45, 7) is 6.13. The van der Waals surface area contributed by atoms with E-state index in [-0.39, 0.29) is 19.4 Å². The third kappa shape index (κ3) is 12.0. The number of ether oxygens (including phenoxy) is 1. The van der Waals surface area contributed by atoms with Crippen LogP contribution in [0.25, 0.3) is 10.9 Å². The van der Waals surface area contributed by atoms with Crippen LogP contribution in [0, 0.1) is 0 Å². The van der Waals surface area contributed by atoms with Crippen LogP contribution in [0.1, 0.15) is 37.7 Å². The van der Waals surface area contributed by atoms with Crippen LogP contribution in [0.4, 0.5) is 0 Å². The summed E-state index contributed by atoms with van der Waals surface area (Å²) < 4.78 is 7.07. The molecule has 3 atom stereocenters. The fraction of sp³-hybridized carbons (Fsp3) is 0.483. The molecule has 13 nitrogen and oxygen atoms in total. The Kier molecular flexibility index (Phi) is 16.9. The molecule has 0 saturated carbocycles. The molecule has 2 amide bonds. The molecule has 0 unspecified atom stereocenters. The molecule has 16 heteroatoms. The third-order valence-corrected chi connectivity index (χ3v) is 7.29. The molecule has 1 heterocycles. The molecule has 2 radical (unpaired) electrons. The Balaban J connectivity index is 2.29. The molecule has 0 aliphatic rings. The van der Waals surface area contributed by atoms with E-state index in [9.17, 15) is 29.0 Å². The average Bonchev–Trinajstić information content (AvgIpc) is 3.41. The van der Waals surface area contributed by atoms with Gasteiger partial charge in [0.2, 0.25) is 11.8 Å². The third-order valence-electron chi connectivity index (χ3n) is 7.29. The summed E-state index contributed by atoms with van der Waals surface area (Å²) in [6, 6.07) is 4.50. The number of esters is 1. The Labute approximate surface area is 266 Å². The summed E-state index contributed by atoms with van der Waals surface area (Å²) >= 11 is 0. The molecular formula is C29H43B3N6O7. The van der Waals surface area contributed by atoms with Crippen LogP contribution in [0.5, 0.6) is 0 Å². The number of fused-ring (bicyclic) bond motifs is 1. The van der Waals surface area contributed by atoms with E-state index in [0.29, 0.717) is 51.1 Å². The van der Waals surface area contributed by atoms with Crippen LogP contribution in [-0.4, -0.2) is 111 Å². The normalized spacial score (nSPS) is 12.8. The van der Waals surface area contributed by atoms with Crippen LogP contribution in [0.15, 0.2) is 43.1 Å². The SMILES string of the molecule is C=CCOC(=O)[C@H](Cc1cn(B(C)O)c2ccccc12)N(C)C(=O)[C@H](CCCCN[B]C=O)NC(=O)[C@@H](N)CCCN[B]C=O. The van der Waals surface area contributed by atoms with Crippen molar-refractivity contribution in [2.24, 2.45) is 5.73 Å². The van der Waals surface area contributed by atoms with E-state index >= 15 is 0 Å². The lowest BCUT2D eigenvalue weighted by Gasteiger charge is -2.31. The van der Waals surface area contributed by atoms with E-state index in [1.165, 1.54) is 32.9 Å². The molecule has 0 aliphatic carbocycles. The van der Waals surface area contributed by atoms with Gasteiger partial charge in [0.1, 0.15) is 18.7 Å². The summed E-state index contributed by atoms with van der Waals surface area (Å²) in [4.78, 5) is 62.6. The highest BCUT2D eigenvalue weighted by atomic mass is 16.5. The van der Waals surface area contributed by atoms with Crippen LogP contribution in [-0.2, 0) is 35.1 Å². The highest BCUT2D eigenvalue weighted by Gasteiger charge is 2.34. The monoisotopic (exact) mass is 620 g/mol. The Morgan fingerprint density at radius 3 is 2.42 bits per heavy atom. The molecule has 0 fully saturated rings. The van der Waals surface area contributed by atoms with Crippen molar-refractivity contribution in [2.75, 3.05) is 26.7 Å². The summed E-state index contributed by atoms with van der Waals surface area (Å²) in [5.41, 5.74) is 7.61. The van der Waals surface area contributed by atoms with E-state index in [0.717, 1.165) is 16.5 Å². The molecule has 240 valence electrons. The van der Waals surface area contributed by atoms with Gasteiger partial charge in [-0.25, -0.2) is 4.79 Å². The number of carbonyl (C=O) groups excluding carboxylic acids is 5. The number of unbranched alkanes of at least 4 members (excludes halogenated alkanes) is 1. The molecule has 0 aliphatic heterocycles. The first kappa shape index (κ1) is 37.5. The lowest BCUT2D eigenvalue weighted by molar-refractivity contribution is -0.154. The van der Waals surface area contributed by atoms with E-state index in [2.05, 4.69) is 22.4 Å². The smallest absolute Gasteiger partial charge is 0.413 e. The van der Waals surface area contributed by atoms with Crippen molar-refractivity contribution < 1.29 is 33.7 Å². The fourth-order valence-electron chi connectivity index (χ4n) is 4.90. The fourth-order valence-corrected chi connectivity index (χ4v) is 4.90. The lowest BCUT2D eigenvalue weighted by atomic mass is 9.88. The van der Waals surface area contributed by atoms with Crippen LogP contribution >= 0.6 is 0 Å². The Morgan fingerprint density at radius 1 is 1.11 bits per heavy atom. The minimum absolute atomic E-state index is 0.0495. The van der Waals surface area contributed by atoms with Crippen molar-refractivity contribution in [1.82, 2.24) is 25.2 Å². The highest BCUT2D eigenvalue weighted by Crippen LogP contribution is 2.24. The van der Waals surface area contributed by atoms with Crippen LogP contribution in [0.3, 0.4) is 0 Å². The number of nitrogens with one attached hydrogen (secondary N) is 3. The van der Waals surface area contributed by atoms with Crippen molar-refractivity contribution in [1.29, 1.82) is 0 Å². The number of amides is 2. The molecule has 2 aromatic rings. The van der Waals surface area contributed by atoms with Crippen molar-refractivity contribution in [3.8, 4) is 0 Å². The first-order valence-electron chi connectivity index (χ1n) is 15.0. The van der Waals surface area contributed by atoms with E-state index in [4.69, 9.17) is 10.5 Å². The number of nitrogens with zero attached hydrogens (tertiary/aromatic N) is 2. The maximum atomic E-state index is 14.0. The number of hydrogen-bond donors (Lipinski definition) is 5. The lowest BCUT2D eigenvalue weighted by Crippen LogP contribution is -2.55. The first-order valence-corrected chi connectivity index (χ1v) is 15.0. The van der Waals surface area contributed by atoms with Crippen molar-refractivity contribution in [3.05, 3.63) is 48.7 Å². The van der Waals surface area contributed by atoms with Gasteiger partial charge >= 0.3 is 13.0 Å². The largest absolute Gasteiger partial charge is 0.460 e. The molecule has 2 rings (SSSR count). The van der Waals surface area contributed by atoms with E-state index in [1.54, 1.807) is 17.5 Å². The molecule has 0 spiro atoms. The molecule has 45 heavy (non-hydrogen) atoms. The van der Waals surface area contributed by atoms with Gasteiger partial charge in [0.25, 0.3) is 14.8 Å². The number of aromatic nitrogens is 1. The van der Waals surface area contributed by atoms with Gasteiger partial charge < -0.3 is 50.2 Å². The van der Waals surface area contributed by atoms with Gasteiger partial charge in [0.05, 0.1) is 18.4 Å². The van der Waals surface area contributed by atoms with Gasteiger partial charge in [-0.15, -0.1) is 0 Å². The number of hydrogen-bond acceptors (Lipinski definition) is 10. The second-order valence-electron chi connectivity index (χ2n) is 10.6. The molecule has 0 saturated heterocycles. The van der Waals surface area contributed by atoms with Crippen molar-refractivity contribution in [3.63, 3.8) is 0 Å². The standard InChI is InChI=1S/C29H43B3N6O7/c1-4-16-45-29(43)26(17-21-18-38(32(2)44)25-13-6-5-10-22(21)25)37(3)28(42)24(12-7-8-14-34-30-19-39)36-27(41)23(33)11-9-15-35-31-20-40/h4-6,10,13,18-20,23-24,26,34-35,44H,1,7-9,11-12,14-17,33H2,2-3H3,(H,36,41)/t23-,24-,26-/m0/s1. The van der Waals surface area contributed by atoms with Gasteiger partial charge in [-0.3, -0.25) is 9.59 Å². The van der Waals surface area contributed by atoms with Gasteiger partial charge in [-0.05, 0) is 69.8 Å². The minimum atomic E-state index is -1.05. The summed E-state index contributed by atoms with van der Waals surface area (Å²) in [7, 11) is 3.21. The Morgan fingerprint density at radius 2 is 1.78 bits per heavy atom. The molecule has 1 aromatic heterocycles. The molecule has 0 bridgehead atoms. The van der Waals surface area contributed by atoms with E-state index in [1.807, 2.05) is 24.3 Å². The summed E-state index contributed by atoms with van der Waals surface area (Å²) in [5.74, 6) is -1.65. The Hall–Kier alpha value is -3.72. The van der Waals surface area contributed by atoms with Gasteiger partial charge in [-0.2, -0.15) is 0 Å². The zero-order chi connectivity index (χ0) is 33.2. The highest BCUT2D eigenvalue weighted by molar-refractivity contribution is 6.64. The van der Waals surface area contributed by atoms with Crippen LogP contribution in [0.2, 0.25) is 6.82 Å².